The predicted octanol–water partition coefficient (Wildman–Crippen LogP) is 7.35. The zero-order valence-electron chi connectivity index (χ0n) is 28.7. The highest BCUT2D eigenvalue weighted by Gasteiger charge is 2.50. The fourth-order valence-corrected chi connectivity index (χ4v) is 11.1. The van der Waals surface area contributed by atoms with Gasteiger partial charge < -0.3 is 25.1 Å². The number of likely N-dealkylation sites (tertiary alicyclic amines) is 1. The van der Waals surface area contributed by atoms with Gasteiger partial charge in [-0.3, -0.25) is 9.59 Å². The average molecular weight is 770 g/mol. The molecule has 0 spiro atoms. The smallest absolute Gasteiger partial charge is 0.308 e. The van der Waals surface area contributed by atoms with Gasteiger partial charge in [0.05, 0.1) is 23.9 Å². The van der Waals surface area contributed by atoms with E-state index in [1.54, 1.807) is 4.90 Å². The first kappa shape index (κ1) is 37.9. The third-order valence-corrected chi connectivity index (χ3v) is 14.4. The molecule has 6 atom stereocenters. The zero-order chi connectivity index (χ0) is 35.9. The van der Waals surface area contributed by atoms with Gasteiger partial charge >= 0.3 is 5.97 Å². The molecule has 0 aliphatic carbocycles. The van der Waals surface area contributed by atoms with Crippen LogP contribution in [0.5, 0.6) is 0 Å². The number of hydrogen-bond donors (Lipinski definition) is 2. The number of carbonyl (C=O) groups is 2. The van der Waals surface area contributed by atoms with Crippen LogP contribution in [0.1, 0.15) is 64.2 Å². The molecule has 0 saturated carbocycles. The topological polar surface area (TPSA) is 124 Å². The minimum Gasteiger partial charge on any atom is -0.481 e. The van der Waals surface area contributed by atoms with Crippen molar-refractivity contribution < 1.29 is 14.7 Å². The standard InChI is InChI=1S/C19H22ClN3OS.C11H14ClNS.C8H10N2O2/c20-13-1-4-15(5-2-13)25-16-7-9-22(10-8-16)19(24)17-11-14-3-6-18(17)23(14)12-21;12-9-1-3-10(4-2-9)14-11-5-7-13-8-6-11;9-4-10-5-1-2-7(10)6(3-5)8(11)12/h1-2,4-5,14,16-18H,3,6-11H2;1-4,11,13H,5-8H2;5-7H,1-3H2,(H,11,12). The molecular formula is C38H46Cl2N6O3S2. The van der Waals surface area contributed by atoms with Crippen molar-refractivity contribution in [2.45, 2.75) is 109 Å². The Balaban J connectivity index is 0.000000145. The highest BCUT2D eigenvalue weighted by Crippen LogP contribution is 2.43. The number of fused-ring (bicyclic) bond motifs is 4. The summed E-state index contributed by atoms with van der Waals surface area (Å²) in [6.45, 7) is 3.99. The summed E-state index contributed by atoms with van der Waals surface area (Å²) in [6, 6.07) is 16.8. The number of nitrogens with zero attached hydrogens (tertiary/aromatic N) is 5. The fraction of sp³-hybridized carbons (Fsp3) is 0.579. The molecule has 4 bridgehead atoms. The lowest BCUT2D eigenvalue weighted by Gasteiger charge is -2.34. The van der Waals surface area contributed by atoms with E-state index in [2.05, 4.69) is 42.0 Å². The quantitative estimate of drug-likeness (QED) is 0.289. The number of aliphatic carboxylic acids is 1. The van der Waals surface area contributed by atoms with Crippen LogP contribution in [0.4, 0.5) is 0 Å². The molecule has 0 radical (unpaired) electrons. The van der Waals surface area contributed by atoms with Crippen molar-refractivity contribution in [3.05, 3.63) is 58.6 Å². The van der Waals surface area contributed by atoms with Crippen molar-refractivity contribution in [3.63, 3.8) is 0 Å². The first-order valence-corrected chi connectivity index (χ1v) is 20.7. The molecule has 1 amide bonds. The van der Waals surface area contributed by atoms with Crippen LogP contribution in [-0.2, 0) is 9.59 Å². The van der Waals surface area contributed by atoms with E-state index in [0.29, 0.717) is 17.7 Å². The molecule has 272 valence electrons. The van der Waals surface area contributed by atoms with Gasteiger partial charge in [0.15, 0.2) is 12.4 Å². The second-order valence-electron chi connectivity index (χ2n) is 14.3. The Morgan fingerprint density at radius 3 is 1.57 bits per heavy atom. The number of rotatable bonds is 6. The Morgan fingerprint density at radius 2 is 1.14 bits per heavy atom. The monoisotopic (exact) mass is 768 g/mol. The van der Waals surface area contributed by atoms with Crippen LogP contribution in [0, 0.1) is 34.7 Å². The molecule has 51 heavy (non-hydrogen) atoms. The Hall–Kier alpha value is -2.80. The molecule has 6 aliphatic heterocycles. The Labute approximate surface area is 320 Å². The van der Waals surface area contributed by atoms with Crippen molar-refractivity contribution in [3.8, 4) is 12.4 Å². The maximum Gasteiger partial charge on any atom is 0.308 e. The van der Waals surface area contributed by atoms with E-state index in [0.717, 1.165) is 86.4 Å². The Kier molecular flexibility index (Phi) is 13.3. The second-order valence-corrected chi connectivity index (χ2v) is 17.9. The molecule has 6 aliphatic rings. The largest absolute Gasteiger partial charge is 0.481 e. The molecule has 6 fully saturated rings. The van der Waals surface area contributed by atoms with Crippen molar-refractivity contribution in [2.24, 2.45) is 11.8 Å². The number of nitrogens with one attached hydrogen (secondary N) is 1. The minimum absolute atomic E-state index is 0.0162. The Morgan fingerprint density at radius 1 is 0.686 bits per heavy atom. The normalized spacial score (nSPS) is 28.3. The summed E-state index contributed by atoms with van der Waals surface area (Å²) in [5.41, 5.74) is 0. The number of piperidine rings is 2. The number of hydrogen-bond acceptors (Lipinski definition) is 9. The number of carboxylic acid groups (broad SMARTS) is 1. The van der Waals surface area contributed by atoms with Gasteiger partial charge in [0, 0.05) is 55.5 Å². The number of halogens is 2. The van der Waals surface area contributed by atoms with Crippen molar-refractivity contribution in [1.29, 1.82) is 10.5 Å². The highest BCUT2D eigenvalue weighted by atomic mass is 35.5. The summed E-state index contributed by atoms with van der Waals surface area (Å²) in [4.78, 5) is 31.8. The fourth-order valence-electron chi connectivity index (χ4n) is 8.57. The lowest BCUT2D eigenvalue weighted by molar-refractivity contribution is -0.142. The SMILES string of the molecule is Clc1ccc(SC2CCNCC2)cc1.N#CN1C2CCC1C(C(=O)N1CCC(Sc3ccc(Cl)cc3)CC1)C2.N#CN1C2CCC1C(C(=O)O)C2. The predicted molar refractivity (Wildman–Crippen MR) is 202 cm³/mol. The third kappa shape index (κ3) is 9.42. The van der Waals surface area contributed by atoms with Gasteiger partial charge in [-0.1, -0.05) is 23.2 Å². The summed E-state index contributed by atoms with van der Waals surface area (Å²) < 4.78 is 0. The summed E-state index contributed by atoms with van der Waals surface area (Å²) in [7, 11) is 0. The van der Waals surface area contributed by atoms with E-state index in [-0.39, 0.29) is 35.9 Å². The van der Waals surface area contributed by atoms with Gasteiger partial charge in [-0.15, -0.1) is 23.5 Å². The number of nitriles is 2. The van der Waals surface area contributed by atoms with Gasteiger partial charge in [-0.2, -0.15) is 10.5 Å². The second kappa shape index (κ2) is 17.8. The maximum atomic E-state index is 12.9. The molecule has 9 nitrogen and oxygen atoms in total. The number of thioether (sulfide) groups is 2. The molecule has 2 aromatic rings. The molecule has 2 N–H and O–H groups in total. The lowest BCUT2D eigenvalue weighted by Crippen LogP contribution is -2.45. The summed E-state index contributed by atoms with van der Waals surface area (Å²) >= 11 is 15.6. The van der Waals surface area contributed by atoms with Gasteiger partial charge in [0.25, 0.3) is 0 Å². The summed E-state index contributed by atoms with van der Waals surface area (Å²) in [5.74, 6) is -0.730. The van der Waals surface area contributed by atoms with Crippen LogP contribution >= 0.6 is 46.7 Å². The van der Waals surface area contributed by atoms with E-state index in [4.69, 9.17) is 33.6 Å². The first-order chi connectivity index (χ1) is 24.7. The number of carbonyl (C=O) groups excluding carboxylic acids is 1. The average Bonchev–Trinajstić information content (AvgIpc) is 3.94. The first-order valence-electron chi connectivity index (χ1n) is 18.2. The zero-order valence-corrected chi connectivity index (χ0v) is 31.9. The molecule has 6 saturated heterocycles. The Bertz CT molecular complexity index is 1570. The molecule has 6 heterocycles. The molecule has 2 aromatic carbocycles. The van der Waals surface area contributed by atoms with Crippen LogP contribution in [-0.4, -0.2) is 92.5 Å². The number of benzene rings is 2. The van der Waals surface area contributed by atoms with Crippen LogP contribution in [0.25, 0.3) is 0 Å². The molecule has 6 unspecified atom stereocenters. The van der Waals surface area contributed by atoms with E-state index in [1.807, 2.05) is 57.6 Å². The van der Waals surface area contributed by atoms with E-state index in [1.165, 1.54) is 22.6 Å². The molecule has 13 heteroatoms. The third-order valence-electron chi connectivity index (χ3n) is 11.2. The van der Waals surface area contributed by atoms with Crippen molar-refractivity contribution in [2.75, 3.05) is 26.2 Å². The lowest BCUT2D eigenvalue weighted by atomic mass is 9.87. The summed E-state index contributed by atoms with van der Waals surface area (Å²) in [6.07, 6.45) is 14.4. The van der Waals surface area contributed by atoms with Crippen LogP contribution in [0.2, 0.25) is 10.0 Å². The van der Waals surface area contributed by atoms with Crippen LogP contribution in [0.15, 0.2) is 58.3 Å². The number of carboxylic acids is 1. The van der Waals surface area contributed by atoms with Crippen molar-refractivity contribution >= 4 is 58.6 Å². The maximum absolute atomic E-state index is 12.9. The summed E-state index contributed by atoms with van der Waals surface area (Å²) in [5, 5.41) is 33.1. The van der Waals surface area contributed by atoms with Gasteiger partial charge in [-0.05, 0) is 126 Å². The van der Waals surface area contributed by atoms with Crippen LogP contribution in [0.3, 0.4) is 0 Å². The highest BCUT2D eigenvalue weighted by molar-refractivity contribution is 8.00. The van der Waals surface area contributed by atoms with Crippen molar-refractivity contribution in [1.82, 2.24) is 20.0 Å². The van der Waals surface area contributed by atoms with E-state index >= 15 is 0 Å². The van der Waals surface area contributed by atoms with Crippen LogP contribution < -0.4 is 5.32 Å². The minimum atomic E-state index is -0.748. The van der Waals surface area contributed by atoms with Gasteiger partial charge in [0.1, 0.15) is 0 Å². The van der Waals surface area contributed by atoms with Gasteiger partial charge in [-0.25, -0.2) is 0 Å². The van der Waals surface area contributed by atoms with E-state index < -0.39 is 5.97 Å². The van der Waals surface area contributed by atoms with E-state index in [9.17, 15) is 14.9 Å². The molecule has 0 aromatic heterocycles. The van der Waals surface area contributed by atoms with Gasteiger partial charge in [0.2, 0.25) is 5.91 Å². The molecular weight excluding hydrogens is 723 g/mol. The molecule has 8 rings (SSSR count). The number of amides is 1.